The molecule has 0 unspecified atom stereocenters. The highest BCUT2D eigenvalue weighted by atomic mass is 32.2. The van der Waals surface area contributed by atoms with Crippen molar-refractivity contribution in [3.05, 3.63) is 198 Å². The Morgan fingerprint density at radius 3 is 1.38 bits per heavy atom. The fraction of sp³-hybridized carbons (Fsp3) is 0.0213. The van der Waals surface area contributed by atoms with Crippen molar-refractivity contribution in [1.29, 1.82) is 5.26 Å². The molecule has 0 bridgehead atoms. The van der Waals surface area contributed by atoms with Gasteiger partial charge in [0.25, 0.3) is 0 Å². The molecule has 7 aromatic carbocycles. The van der Waals surface area contributed by atoms with Crippen LogP contribution in [-0.2, 0) is 5.41 Å². The zero-order chi connectivity index (χ0) is 34.6. The lowest BCUT2D eigenvalue weighted by atomic mass is 9.66. The summed E-state index contributed by atoms with van der Waals surface area (Å²) in [6.07, 6.45) is 0. The van der Waals surface area contributed by atoms with Gasteiger partial charge in [-0.15, -0.1) is 0 Å². The molecule has 1 aliphatic heterocycles. The Balaban J connectivity index is 1.24. The Morgan fingerprint density at radius 2 is 0.846 bits per heavy atom. The minimum atomic E-state index is -0.584. The third kappa shape index (κ3) is 4.66. The molecule has 0 saturated carbocycles. The zero-order valence-corrected chi connectivity index (χ0v) is 28.7. The van der Waals surface area contributed by atoms with Crippen molar-refractivity contribution in [3.8, 4) is 62.5 Å². The average Bonchev–Trinajstić information content (AvgIpc) is 3.52. The van der Waals surface area contributed by atoms with Crippen molar-refractivity contribution in [1.82, 2.24) is 15.0 Å². The highest BCUT2D eigenvalue weighted by molar-refractivity contribution is 7.99. The summed E-state index contributed by atoms with van der Waals surface area (Å²) in [5, 5.41) is 9.46. The van der Waals surface area contributed by atoms with E-state index in [2.05, 4.69) is 91.0 Å². The fourth-order valence-corrected chi connectivity index (χ4v) is 9.05. The number of rotatable bonds is 4. The van der Waals surface area contributed by atoms with E-state index in [0.717, 1.165) is 27.8 Å². The van der Waals surface area contributed by atoms with Gasteiger partial charge in [-0.3, -0.25) is 0 Å². The van der Waals surface area contributed by atoms with Crippen molar-refractivity contribution in [2.75, 3.05) is 0 Å². The van der Waals surface area contributed by atoms with Crippen molar-refractivity contribution < 1.29 is 0 Å². The summed E-state index contributed by atoms with van der Waals surface area (Å²) in [5.41, 5.74) is 12.5. The number of hydrogen-bond donors (Lipinski definition) is 0. The molecule has 1 aliphatic carbocycles. The van der Waals surface area contributed by atoms with Crippen molar-refractivity contribution in [2.24, 2.45) is 0 Å². The van der Waals surface area contributed by atoms with Gasteiger partial charge in [0.15, 0.2) is 17.5 Å². The van der Waals surface area contributed by atoms with E-state index in [1.807, 2.05) is 96.7 Å². The molecule has 5 heteroatoms. The van der Waals surface area contributed by atoms with Crippen molar-refractivity contribution in [2.45, 2.75) is 15.2 Å². The molecule has 1 spiro atoms. The van der Waals surface area contributed by atoms with Gasteiger partial charge in [0.2, 0.25) is 0 Å². The maximum absolute atomic E-state index is 9.46. The normalized spacial score (nSPS) is 13.1. The van der Waals surface area contributed by atoms with Crippen LogP contribution in [-0.4, -0.2) is 15.0 Å². The average molecular weight is 681 g/mol. The van der Waals surface area contributed by atoms with E-state index >= 15 is 0 Å². The SMILES string of the molecule is N#Cc1ccc(-c2ccc3c(c2)C2(c4cc(-c5nc(-c6ccccc6)nc(-c6ccccc6)n5)ccc4S3)c3ccccc3-c3ccccc32)cc1. The summed E-state index contributed by atoms with van der Waals surface area (Å²) in [6, 6.07) is 61.6. The molecule has 0 fully saturated rings. The van der Waals surface area contributed by atoms with Crippen LogP contribution >= 0.6 is 11.8 Å². The molecule has 0 radical (unpaired) electrons. The van der Waals surface area contributed by atoms with Crippen LogP contribution in [0.1, 0.15) is 27.8 Å². The fourth-order valence-electron chi connectivity index (χ4n) is 7.90. The van der Waals surface area contributed by atoms with E-state index in [1.165, 1.54) is 43.2 Å². The second kappa shape index (κ2) is 12.0. The molecule has 2 aliphatic rings. The van der Waals surface area contributed by atoms with Gasteiger partial charge in [-0.25, -0.2) is 15.0 Å². The second-order valence-corrected chi connectivity index (χ2v) is 14.2. The van der Waals surface area contributed by atoms with Crippen LogP contribution in [0.15, 0.2) is 180 Å². The lowest BCUT2D eigenvalue weighted by Crippen LogP contribution is -2.32. The van der Waals surface area contributed by atoms with Crippen molar-refractivity contribution in [3.63, 3.8) is 0 Å². The molecular weight excluding hydrogens is 653 g/mol. The predicted octanol–water partition coefficient (Wildman–Crippen LogP) is 11.2. The van der Waals surface area contributed by atoms with Crippen LogP contribution in [0, 0.1) is 11.3 Å². The maximum atomic E-state index is 9.46. The largest absolute Gasteiger partial charge is 0.208 e. The van der Waals surface area contributed by atoms with Gasteiger partial charge < -0.3 is 0 Å². The van der Waals surface area contributed by atoms with Gasteiger partial charge in [0.05, 0.1) is 17.0 Å². The standard InChI is InChI=1S/C47H28N4S/c48-29-30-19-21-31(22-20-30)34-23-25-42-40(27-34)47(38-17-9-7-15-36(38)37-16-8-10-18-39(37)47)41-28-35(24-26-43(41)52-42)46-50-44(32-11-3-1-4-12-32)49-45(51-46)33-13-5-2-6-14-33/h1-28H. The van der Waals surface area contributed by atoms with E-state index in [1.54, 1.807) is 0 Å². The first-order valence-electron chi connectivity index (χ1n) is 17.2. The number of nitriles is 1. The van der Waals surface area contributed by atoms with Crippen LogP contribution in [0.5, 0.6) is 0 Å². The third-order valence-corrected chi connectivity index (χ3v) is 11.4. The van der Waals surface area contributed by atoms with Gasteiger partial charge in [-0.1, -0.05) is 145 Å². The summed E-state index contributed by atoms with van der Waals surface area (Å²) in [7, 11) is 0. The molecule has 242 valence electrons. The lowest BCUT2D eigenvalue weighted by molar-refractivity contribution is 0.723. The minimum absolute atomic E-state index is 0.584. The minimum Gasteiger partial charge on any atom is -0.208 e. The number of benzene rings is 7. The summed E-state index contributed by atoms with van der Waals surface area (Å²) in [6.45, 7) is 0. The highest BCUT2D eigenvalue weighted by Gasteiger charge is 2.50. The van der Waals surface area contributed by atoms with Crippen LogP contribution in [0.3, 0.4) is 0 Å². The van der Waals surface area contributed by atoms with Crippen LogP contribution in [0.2, 0.25) is 0 Å². The quantitative estimate of drug-likeness (QED) is 0.185. The zero-order valence-electron chi connectivity index (χ0n) is 27.9. The molecule has 0 N–H and O–H groups in total. The lowest BCUT2D eigenvalue weighted by Gasteiger charge is -2.40. The molecule has 8 aromatic rings. The molecule has 2 heterocycles. The summed E-state index contributed by atoms with van der Waals surface area (Å²) in [5.74, 6) is 1.91. The van der Waals surface area contributed by atoms with Gasteiger partial charge in [-0.2, -0.15) is 5.26 Å². The first-order valence-corrected chi connectivity index (χ1v) is 18.1. The Bertz CT molecular complexity index is 2610. The molecule has 0 saturated heterocycles. The van der Waals surface area contributed by atoms with E-state index in [0.29, 0.717) is 23.0 Å². The Hall–Kier alpha value is -6.61. The number of aromatic nitrogens is 3. The van der Waals surface area contributed by atoms with Gasteiger partial charge in [0, 0.05) is 26.5 Å². The van der Waals surface area contributed by atoms with Gasteiger partial charge in [0.1, 0.15) is 0 Å². The van der Waals surface area contributed by atoms with Gasteiger partial charge >= 0.3 is 0 Å². The monoisotopic (exact) mass is 680 g/mol. The Labute approximate surface area is 306 Å². The molecule has 4 nitrogen and oxygen atoms in total. The molecule has 1 aromatic heterocycles. The van der Waals surface area contributed by atoms with E-state index < -0.39 is 5.41 Å². The molecule has 0 atom stereocenters. The Morgan fingerprint density at radius 1 is 0.404 bits per heavy atom. The summed E-state index contributed by atoms with van der Waals surface area (Å²) < 4.78 is 0. The Kier molecular flexibility index (Phi) is 6.99. The van der Waals surface area contributed by atoms with Gasteiger partial charge in [-0.05, 0) is 80.9 Å². The number of nitrogens with zero attached hydrogens (tertiary/aromatic N) is 4. The van der Waals surface area contributed by atoms with E-state index in [-0.39, 0.29) is 0 Å². The highest BCUT2D eigenvalue weighted by Crippen LogP contribution is 2.62. The number of fused-ring (bicyclic) bond motifs is 9. The molecular formula is C47H28N4S. The van der Waals surface area contributed by atoms with Crippen molar-refractivity contribution >= 4 is 11.8 Å². The maximum Gasteiger partial charge on any atom is 0.164 e. The first kappa shape index (κ1) is 30.2. The summed E-state index contributed by atoms with van der Waals surface area (Å²) >= 11 is 1.81. The number of hydrogen-bond acceptors (Lipinski definition) is 5. The predicted molar refractivity (Wildman–Crippen MR) is 208 cm³/mol. The smallest absolute Gasteiger partial charge is 0.164 e. The third-order valence-electron chi connectivity index (χ3n) is 10.2. The van der Waals surface area contributed by atoms with E-state index in [4.69, 9.17) is 15.0 Å². The first-order chi connectivity index (χ1) is 25.7. The summed E-state index contributed by atoms with van der Waals surface area (Å²) in [4.78, 5) is 17.6. The molecule has 10 rings (SSSR count). The second-order valence-electron chi connectivity index (χ2n) is 13.1. The van der Waals surface area contributed by atoms with Crippen LogP contribution in [0.25, 0.3) is 56.4 Å². The van der Waals surface area contributed by atoms with Crippen LogP contribution < -0.4 is 0 Å². The van der Waals surface area contributed by atoms with E-state index in [9.17, 15) is 5.26 Å². The molecule has 52 heavy (non-hydrogen) atoms. The van der Waals surface area contributed by atoms with Crippen LogP contribution in [0.4, 0.5) is 0 Å². The topological polar surface area (TPSA) is 62.5 Å². The molecule has 0 amide bonds.